The third-order valence-electron chi connectivity index (χ3n) is 7.77. The molecule has 3 fully saturated rings. The van der Waals surface area contributed by atoms with Gasteiger partial charge in [-0.3, -0.25) is 9.59 Å². The van der Waals surface area contributed by atoms with Gasteiger partial charge in [0.1, 0.15) is 6.10 Å². The van der Waals surface area contributed by atoms with E-state index in [2.05, 4.69) is 0 Å². The second kappa shape index (κ2) is 6.59. The molecule has 28 heavy (non-hydrogen) atoms. The number of methoxy groups -OCH3 is 1. The van der Waals surface area contributed by atoms with Crippen molar-refractivity contribution in [1.82, 2.24) is 0 Å². The van der Waals surface area contributed by atoms with Crippen LogP contribution in [0, 0.1) is 28.6 Å². The maximum absolute atomic E-state index is 12.9. The van der Waals surface area contributed by atoms with E-state index in [-0.39, 0.29) is 24.3 Å². The molecule has 8 atom stereocenters. The van der Waals surface area contributed by atoms with Gasteiger partial charge in [0.25, 0.3) is 0 Å². The Kier molecular flexibility index (Phi) is 4.58. The maximum atomic E-state index is 12.9. The van der Waals surface area contributed by atoms with Crippen LogP contribution in [-0.2, 0) is 19.1 Å². The number of hydrogen-bond acceptors (Lipinski definition) is 7. The predicted molar refractivity (Wildman–Crippen MR) is 96.7 cm³/mol. The van der Waals surface area contributed by atoms with E-state index >= 15 is 0 Å². The molecule has 1 aromatic heterocycles. The Morgan fingerprint density at radius 3 is 2.68 bits per heavy atom. The maximum Gasteiger partial charge on any atom is 0.310 e. The molecule has 1 aromatic rings. The van der Waals surface area contributed by atoms with Crippen LogP contribution in [0.4, 0.5) is 0 Å². The number of rotatable bonds is 2. The fourth-order valence-corrected chi connectivity index (χ4v) is 6.43. The van der Waals surface area contributed by atoms with Gasteiger partial charge in [0, 0.05) is 5.56 Å². The molecule has 0 spiro atoms. The molecule has 0 radical (unpaired) electrons. The van der Waals surface area contributed by atoms with Gasteiger partial charge in [0.15, 0.2) is 0 Å². The second-order valence-electron chi connectivity index (χ2n) is 9.14. The first kappa shape index (κ1) is 19.5. The Labute approximate surface area is 164 Å². The number of carbonyl (C=O) groups excluding carboxylic acids is 2. The highest BCUT2D eigenvalue weighted by Gasteiger charge is 2.66. The number of furan rings is 1. The van der Waals surface area contributed by atoms with Crippen molar-refractivity contribution in [2.24, 2.45) is 28.6 Å². The van der Waals surface area contributed by atoms with E-state index in [4.69, 9.17) is 13.9 Å². The van der Waals surface area contributed by atoms with Crippen molar-refractivity contribution >= 4 is 11.9 Å². The van der Waals surface area contributed by atoms with Crippen LogP contribution < -0.4 is 0 Å². The number of aliphatic hydroxyl groups is 2. The van der Waals surface area contributed by atoms with Gasteiger partial charge in [-0.1, -0.05) is 13.8 Å². The van der Waals surface area contributed by atoms with Crippen LogP contribution in [-0.4, -0.2) is 41.5 Å². The smallest absolute Gasteiger partial charge is 0.310 e. The summed E-state index contributed by atoms with van der Waals surface area (Å²) in [7, 11) is 1.35. The number of esters is 2. The number of aliphatic hydroxyl groups excluding tert-OH is 2. The highest BCUT2D eigenvalue weighted by molar-refractivity contribution is 5.76. The molecule has 7 nitrogen and oxygen atoms in total. The van der Waals surface area contributed by atoms with Crippen LogP contribution in [0.5, 0.6) is 0 Å². The van der Waals surface area contributed by atoms with Gasteiger partial charge in [-0.25, -0.2) is 0 Å². The summed E-state index contributed by atoms with van der Waals surface area (Å²) in [5.41, 5.74) is -0.428. The third-order valence-corrected chi connectivity index (χ3v) is 7.77. The number of cyclic esters (lactones) is 1. The lowest BCUT2D eigenvalue weighted by molar-refractivity contribution is -0.236. The summed E-state index contributed by atoms with van der Waals surface area (Å²) in [4.78, 5) is 25.4. The molecule has 2 N–H and O–H groups in total. The average Bonchev–Trinajstić information content (AvgIpc) is 3.18. The van der Waals surface area contributed by atoms with Gasteiger partial charge in [-0.2, -0.15) is 0 Å². The summed E-state index contributed by atoms with van der Waals surface area (Å²) in [6, 6.07) is 1.77. The first-order valence-electron chi connectivity index (χ1n) is 9.89. The lowest BCUT2D eigenvalue weighted by atomic mass is 9.42. The summed E-state index contributed by atoms with van der Waals surface area (Å²) in [6.07, 6.45) is 2.40. The van der Waals surface area contributed by atoms with E-state index < -0.39 is 41.0 Å². The Hall–Kier alpha value is -1.86. The lowest BCUT2D eigenvalue weighted by Gasteiger charge is -2.63. The van der Waals surface area contributed by atoms with Crippen molar-refractivity contribution in [3.05, 3.63) is 24.2 Å². The minimum Gasteiger partial charge on any atom is -0.472 e. The highest BCUT2D eigenvalue weighted by Crippen LogP contribution is 2.65. The van der Waals surface area contributed by atoms with Crippen LogP contribution in [0.25, 0.3) is 0 Å². The van der Waals surface area contributed by atoms with Crippen molar-refractivity contribution in [2.75, 3.05) is 7.11 Å². The summed E-state index contributed by atoms with van der Waals surface area (Å²) in [5, 5.41) is 21.6. The van der Waals surface area contributed by atoms with E-state index in [1.165, 1.54) is 13.4 Å². The number of carbonyl (C=O) groups is 2. The molecule has 2 heterocycles. The zero-order chi connectivity index (χ0) is 20.3. The van der Waals surface area contributed by atoms with Crippen molar-refractivity contribution in [1.29, 1.82) is 0 Å². The van der Waals surface area contributed by atoms with Crippen molar-refractivity contribution in [3.63, 3.8) is 0 Å². The molecule has 3 aliphatic rings. The predicted octanol–water partition coefficient (Wildman–Crippen LogP) is 2.22. The largest absolute Gasteiger partial charge is 0.472 e. The topological polar surface area (TPSA) is 106 Å². The minimum absolute atomic E-state index is 0.164. The third kappa shape index (κ3) is 2.63. The fourth-order valence-electron chi connectivity index (χ4n) is 6.43. The van der Waals surface area contributed by atoms with Crippen molar-refractivity contribution in [3.8, 4) is 0 Å². The number of ether oxygens (including phenoxy) is 2. The molecule has 2 saturated carbocycles. The van der Waals surface area contributed by atoms with Gasteiger partial charge >= 0.3 is 11.9 Å². The molecule has 0 aromatic carbocycles. The van der Waals surface area contributed by atoms with Crippen LogP contribution in [0.15, 0.2) is 23.0 Å². The zero-order valence-electron chi connectivity index (χ0n) is 16.5. The van der Waals surface area contributed by atoms with Gasteiger partial charge < -0.3 is 24.1 Å². The van der Waals surface area contributed by atoms with Crippen molar-refractivity contribution < 1.29 is 33.7 Å². The van der Waals surface area contributed by atoms with Crippen LogP contribution in [0.3, 0.4) is 0 Å². The first-order chi connectivity index (χ1) is 13.2. The van der Waals surface area contributed by atoms with E-state index in [1.807, 2.05) is 13.8 Å². The average molecular weight is 392 g/mol. The SMILES string of the molecule is COC(=O)[C@@H]1C[C@H](O)C(O)C2[C@@]3(C)C[C@@H](c4ccoc4)OC(=O)[C@H]3CC[C@]21C. The normalized spacial score (nSPS) is 45.5. The Morgan fingerprint density at radius 2 is 2.04 bits per heavy atom. The fraction of sp³-hybridized carbons (Fsp3) is 0.714. The molecule has 1 aliphatic heterocycles. The molecule has 2 aliphatic carbocycles. The Morgan fingerprint density at radius 1 is 1.29 bits per heavy atom. The molecular weight excluding hydrogens is 364 g/mol. The minimum atomic E-state index is -1.04. The van der Waals surface area contributed by atoms with E-state index in [9.17, 15) is 19.8 Å². The van der Waals surface area contributed by atoms with Crippen LogP contribution >= 0.6 is 0 Å². The molecule has 154 valence electrons. The summed E-state index contributed by atoms with van der Waals surface area (Å²) < 4.78 is 15.9. The lowest BCUT2D eigenvalue weighted by Crippen LogP contribution is -2.65. The van der Waals surface area contributed by atoms with Gasteiger partial charge in [-0.05, 0) is 48.5 Å². The van der Waals surface area contributed by atoms with Crippen molar-refractivity contribution in [2.45, 2.75) is 57.8 Å². The standard InChI is InChI=1S/C21H28O7/c1-20-6-4-12-19(25)28-15(11-5-7-27-10-11)9-21(12,2)17(20)16(23)14(22)8-13(20)18(24)26-3/h5,7,10,12-17,22-23H,4,6,8-9H2,1-3H3/t12-,13+,14+,15+,16?,17?,20+,21+/m1/s1. The zero-order valence-corrected chi connectivity index (χ0v) is 16.5. The second-order valence-corrected chi connectivity index (χ2v) is 9.14. The molecule has 1 saturated heterocycles. The molecule has 0 bridgehead atoms. The van der Waals surface area contributed by atoms with E-state index in [0.29, 0.717) is 19.3 Å². The Balaban J connectivity index is 1.77. The molecular formula is C21H28O7. The van der Waals surface area contributed by atoms with E-state index in [1.54, 1.807) is 12.3 Å². The molecule has 2 unspecified atom stereocenters. The number of hydrogen-bond donors (Lipinski definition) is 2. The summed E-state index contributed by atoms with van der Waals surface area (Å²) in [6.45, 7) is 3.98. The van der Waals surface area contributed by atoms with Gasteiger partial charge in [0.2, 0.25) is 0 Å². The number of fused-ring (bicyclic) bond motifs is 3. The van der Waals surface area contributed by atoms with E-state index in [0.717, 1.165) is 5.56 Å². The monoisotopic (exact) mass is 392 g/mol. The quantitative estimate of drug-likeness (QED) is 0.743. The van der Waals surface area contributed by atoms with Gasteiger partial charge in [0.05, 0.1) is 43.7 Å². The summed E-state index contributed by atoms with van der Waals surface area (Å²) in [5.74, 6) is -2.00. The van der Waals surface area contributed by atoms with Crippen LogP contribution in [0.1, 0.15) is 51.2 Å². The molecule has 7 heteroatoms. The van der Waals surface area contributed by atoms with Crippen LogP contribution in [0.2, 0.25) is 0 Å². The Bertz CT molecular complexity index is 759. The first-order valence-corrected chi connectivity index (χ1v) is 9.89. The van der Waals surface area contributed by atoms with Gasteiger partial charge in [-0.15, -0.1) is 0 Å². The molecule has 0 amide bonds. The molecule has 4 rings (SSSR count). The summed E-state index contributed by atoms with van der Waals surface area (Å²) >= 11 is 0. The highest BCUT2D eigenvalue weighted by atomic mass is 16.5.